The molecular weight excluding hydrogens is 392 g/mol. The second kappa shape index (κ2) is 9.05. The largest absolute Gasteiger partial charge is 0.433 e. The molecule has 0 fully saturated rings. The Morgan fingerprint density at radius 3 is 2.73 bits per heavy atom. The minimum atomic E-state index is -0.799. The highest BCUT2D eigenvalue weighted by Gasteiger charge is 2.21. The number of amides is 2. The molecule has 3 rings (SSSR count). The van der Waals surface area contributed by atoms with Gasteiger partial charge in [0, 0.05) is 42.9 Å². The first-order chi connectivity index (χ1) is 14.4. The third-order valence-electron chi connectivity index (χ3n) is 4.34. The van der Waals surface area contributed by atoms with E-state index in [-0.39, 0.29) is 24.6 Å². The molecule has 0 bridgehead atoms. The molecule has 0 spiro atoms. The number of furan rings is 1. The van der Waals surface area contributed by atoms with Crippen LogP contribution in [-0.4, -0.2) is 39.6 Å². The number of nitrogens with zero attached hydrogens (tertiary/aromatic N) is 2. The molecular formula is C20H20N4O6. The quantitative estimate of drug-likeness (QED) is 0.224. The van der Waals surface area contributed by atoms with E-state index in [2.05, 4.69) is 10.6 Å². The van der Waals surface area contributed by atoms with Crippen molar-refractivity contribution >= 4 is 34.7 Å². The fourth-order valence-electron chi connectivity index (χ4n) is 2.91. The van der Waals surface area contributed by atoms with Gasteiger partial charge in [0.05, 0.1) is 6.07 Å². The van der Waals surface area contributed by atoms with Crippen LogP contribution < -0.4 is 10.6 Å². The van der Waals surface area contributed by atoms with E-state index in [1.807, 2.05) is 42.1 Å². The topological polar surface area (TPSA) is 140 Å². The Labute approximate surface area is 170 Å². The van der Waals surface area contributed by atoms with E-state index < -0.39 is 22.6 Å². The normalized spacial score (nSPS) is 11.5. The van der Waals surface area contributed by atoms with E-state index in [4.69, 9.17) is 9.52 Å². The number of aliphatic hydroxyl groups excluding tert-OH is 1. The van der Waals surface area contributed by atoms with E-state index >= 15 is 0 Å². The van der Waals surface area contributed by atoms with Crippen LogP contribution in [0.25, 0.3) is 17.0 Å². The number of fused-ring (bicyclic) bond motifs is 1. The fourth-order valence-corrected chi connectivity index (χ4v) is 2.91. The van der Waals surface area contributed by atoms with Crippen LogP contribution in [0.2, 0.25) is 0 Å². The van der Waals surface area contributed by atoms with Gasteiger partial charge < -0.3 is 24.7 Å². The van der Waals surface area contributed by atoms with Crippen molar-refractivity contribution in [2.75, 3.05) is 13.2 Å². The maximum Gasteiger partial charge on any atom is 0.433 e. The summed E-state index contributed by atoms with van der Waals surface area (Å²) >= 11 is 0. The molecule has 3 N–H and O–H groups in total. The Hall–Kier alpha value is -3.92. The molecule has 3 aromatic rings. The van der Waals surface area contributed by atoms with Crippen molar-refractivity contribution in [3.8, 4) is 0 Å². The zero-order valence-electron chi connectivity index (χ0n) is 16.1. The van der Waals surface area contributed by atoms with Crippen molar-refractivity contribution in [1.29, 1.82) is 0 Å². The van der Waals surface area contributed by atoms with E-state index in [1.54, 1.807) is 0 Å². The van der Waals surface area contributed by atoms with Crippen LogP contribution in [0.15, 0.2) is 52.7 Å². The van der Waals surface area contributed by atoms with Crippen LogP contribution >= 0.6 is 0 Å². The predicted octanol–water partition coefficient (Wildman–Crippen LogP) is 1.95. The van der Waals surface area contributed by atoms with Crippen molar-refractivity contribution in [1.82, 2.24) is 15.2 Å². The molecule has 2 heterocycles. The Balaban J connectivity index is 1.93. The van der Waals surface area contributed by atoms with Crippen LogP contribution in [-0.2, 0) is 11.8 Å². The van der Waals surface area contributed by atoms with Crippen LogP contribution in [0.4, 0.5) is 5.88 Å². The summed E-state index contributed by atoms with van der Waals surface area (Å²) in [5.74, 6) is -2.24. The highest BCUT2D eigenvalue weighted by Crippen LogP contribution is 2.22. The summed E-state index contributed by atoms with van der Waals surface area (Å²) in [7, 11) is 1.86. The van der Waals surface area contributed by atoms with Gasteiger partial charge in [-0.3, -0.25) is 19.7 Å². The van der Waals surface area contributed by atoms with Crippen LogP contribution in [0.3, 0.4) is 0 Å². The zero-order valence-corrected chi connectivity index (χ0v) is 16.1. The highest BCUT2D eigenvalue weighted by molar-refractivity contribution is 6.06. The maximum atomic E-state index is 12.6. The smallest absolute Gasteiger partial charge is 0.396 e. The number of nitrogens with one attached hydrogen (secondary N) is 2. The van der Waals surface area contributed by atoms with E-state index in [1.165, 1.54) is 6.08 Å². The van der Waals surface area contributed by atoms with Crippen LogP contribution in [0.5, 0.6) is 0 Å². The average molecular weight is 412 g/mol. The Morgan fingerprint density at radius 2 is 2.03 bits per heavy atom. The number of hydrogen-bond acceptors (Lipinski definition) is 6. The van der Waals surface area contributed by atoms with E-state index in [0.29, 0.717) is 12.0 Å². The third kappa shape index (κ3) is 4.55. The number of para-hydroxylation sites is 1. The Bertz CT molecular complexity index is 1130. The fraction of sp³-hybridized carbons (Fsp3) is 0.200. The first-order valence-electron chi connectivity index (χ1n) is 9.11. The molecule has 2 amide bonds. The lowest BCUT2D eigenvalue weighted by Gasteiger charge is -2.09. The average Bonchev–Trinajstić information content (AvgIpc) is 3.34. The van der Waals surface area contributed by atoms with Gasteiger partial charge in [-0.1, -0.05) is 18.2 Å². The molecule has 0 saturated heterocycles. The molecule has 0 aliphatic carbocycles. The number of aryl methyl sites for hydroxylation is 1. The number of carbonyl (C=O) groups excluding carboxylic acids is 2. The molecule has 0 aliphatic heterocycles. The number of hydrogen-bond donors (Lipinski definition) is 3. The van der Waals surface area contributed by atoms with Crippen molar-refractivity contribution in [2.45, 2.75) is 6.42 Å². The lowest BCUT2D eigenvalue weighted by Crippen LogP contribution is -2.35. The van der Waals surface area contributed by atoms with E-state index in [9.17, 15) is 19.7 Å². The van der Waals surface area contributed by atoms with Gasteiger partial charge in [0.15, 0.2) is 5.76 Å². The predicted molar refractivity (Wildman–Crippen MR) is 108 cm³/mol. The van der Waals surface area contributed by atoms with Crippen LogP contribution in [0.1, 0.15) is 22.5 Å². The lowest BCUT2D eigenvalue weighted by molar-refractivity contribution is -0.402. The number of benzene rings is 1. The summed E-state index contributed by atoms with van der Waals surface area (Å²) in [6.07, 6.45) is 3.69. The Kier molecular flexibility index (Phi) is 6.28. The third-order valence-corrected chi connectivity index (χ3v) is 4.34. The summed E-state index contributed by atoms with van der Waals surface area (Å²) in [6, 6.07) is 9.79. The number of aliphatic hydroxyl groups is 1. The molecule has 156 valence electrons. The summed E-state index contributed by atoms with van der Waals surface area (Å²) < 4.78 is 6.79. The standard InChI is InChI=1S/C20H20N4O6/c1-23-12-13(14-5-2-3-6-16(14)23)11-15(19(26)21-9-4-10-25)22-20(27)17-7-8-18(30-17)24(28)29/h2-3,5-8,11-12,25H,4,9-10H2,1H3,(H,21,26)(H,22,27)/b15-11-. The zero-order chi connectivity index (χ0) is 21.7. The van der Waals surface area contributed by atoms with Gasteiger partial charge >= 0.3 is 5.88 Å². The summed E-state index contributed by atoms with van der Waals surface area (Å²) in [5, 5.41) is 25.6. The molecule has 1 aromatic carbocycles. The molecule has 0 atom stereocenters. The van der Waals surface area contributed by atoms with Gasteiger partial charge in [-0.05, 0) is 24.6 Å². The molecule has 30 heavy (non-hydrogen) atoms. The van der Waals surface area contributed by atoms with Crippen molar-refractivity contribution in [3.05, 3.63) is 69.7 Å². The van der Waals surface area contributed by atoms with Gasteiger partial charge in [-0.15, -0.1) is 0 Å². The molecule has 10 nitrogen and oxygen atoms in total. The number of rotatable bonds is 8. The second-order valence-electron chi connectivity index (χ2n) is 6.45. The number of carbonyl (C=O) groups is 2. The summed E-state index contributed by atoms with van der Waals surface area (Å²) in [4.78, 5) is 35.1. The molecule has 0 unspecified atom stereocenters. The highest BCUT2D eigenvalue weighted by atomic mass is 16.6. The van der Waals surface area contributed by atoms with Gasteiger partial charge in [0.2, 0.25) is 0 Å². The molecule has 0 saturated carbocycles. The molecule has 0 aliphatic rings. The van der Waals surface area contributed by atoms with Gasteiger partial charge in [-0.2, -0.15) is 0 Å². The van der Waals surface area contributed by atoms with Gasteiger partial charge in [0.1, 0.15) is 10.6 Å². The molecule has 2 aromatic heterocycles. The minimum absolute atomic E-state index is 0.0617. The molecule has 0 radical (unpaired) electrons. The van der Waals surface area contributed by atoms with Gasteiger partial charge in [-0.25, -0.2) is 0 Å². The first kappa shape index (κ1) is 20.8. The van der Waals surface area contributed by atoms with Crippen molar-refractivity contribution in [2.24, 2.45) is 7.05 Å². The minimum Gasteiger partial charge on any atom is -0.396 e. The number of nitro groups is 1. The van der Waals surface area contributed by atoms with Crippen molar-refractivity contribution in [3.63, 3.8) is 0 Å². The van der Waals surface area contributed by atoms with Crippen LogP contribution in [0, 0.1) is 10.1 Å². The second-order valence-corrected chi connectivity index (χ2v) is 6.45. The van der Waals surface area contributed by atoms with E-state index in [0.717, 1.165) is 23.0 Å². The monoisotopic (exact) mass is 412 g/mol. The Morgan fingerprint density at radius 1 is 1.27 bits per heavy atom. The number of aromatic nitrogens is 1. The SMILES string of the molecule is Cn1cc(/C=C(\NC(=O)c2ccc([N+](=O)[O-])o2)C(=O)NCCCO)c2ccccc21. The van der Waals surface area contributed by atoms with Gasteiger partial charge in [0.25, 0.3) is 11.8 Å². The van der Waals surface area contributed by atoms with Crippen molar-refractivity contribution < 1.29 is 24.0 Å². The maximum absolute atomic E-state index is 12.6. The lowest BCUT2D eigenvalue weighted by atomic mass is 10.1. The molecule has 10 heteroatoms. The first-order valence-corrected chi connectivity index (χ1v) is 9.11. The summed E-state index contributed by atoms with van der Waals surface area (Å²) in [6.45, 7) is 0.120. The summed E-state index contributed by atoms with van der Waals surface area (Å²) in [5.41, 5.74) is 1.58.